The van der Waals surface area contributed by atoms with Crippen molar-refractivity contribution in [1.29, 1.82) is 0 Å². The molecule has 0 atom stereocenters. The van der Waals surface area contributed by atoms with Gasteiger partial charge in [0, 0.05) is 11.6 Å². The lowest BCUT2D eigenvalue weighted by Gasteiger charge is -2.07. The third kappa shape index (κ3) is 3.53. The van der Waals surface area contributed by atoms with Crippen LogP contribution >= 0.6 is 11.3 Å². The molecule has 3 aromatic rings. The number of carbonyl (C=O) groups excluding carboxylic acids is 1. The van der Waals surface area contributed by atoms with Crippen molar-refractivity contribution in [2.75, 3.05) is 5.32 Å². The van der Waals surface area contributed by atoms with Gasteiger partial charge in [-0.25, -0.2) is 0 Å². The molecule has 0 unspecified atom stereocenters. The number of unbranched alkanes of at least 4 members (excludes halogenated alkanes) is 1. The van der Waals surface area contributed by atoms with Crippen LogP contribution in [0.4, 0.5) is 5.13 Å². The van der Waals surface area contributed by atoms with E-state index in [2.05, 4.69) is 39.6 Å². The van der Waals surface area contributed by atoms with Crippen molar-refractivity contribution in [1.82, 2.24) is 15.2 Å². The fourth-order valence-electron chi connectivity index (χ4n) is 2.44. The van der Waals surface area contributed by atoms with E-state index in [9.17, 15) is 4.79 Å². The molecular weight excluding hydrogens is 308 g/mol. The summed E-state index contributed by atoms with van der Waals surface area (Å²) in [4.78, 5) is 16.8. The second kappa shape index (κ2) is 6.83. The van der Waals surface area contributed by atoms with Gasteiger partial charge in [0.2, 0.25) is 5.13 Å². The van der Waals surface area contributed by atoms with Crippen LogP contribution in [0, 0.1) is 6.92 Å². The average molecular weight is 326 g/mol. The number of anilines is 1. The summed E-state index contributed by atoms with van der Waals surface area (Å²) in [7, 11) is 0. The number of aryl methyl sites for hydroxylation is 2. The highest BCUT2D eigenvalue weighted by Crippen LogP contribution is 2.22. The lowest BCUT2D eigenvalue weighted by molar-refractivity contribution is 0.102. The van der Waals surface area contributed by atoms with Gasteiger partial charge in [0.15, 0.2) is 0 Å². The van der Waals surface area contributed by atoms with Crippen molar-refractivity contribution in [2.24, 2.45) is 0 Å². The number of hydrogen-bond donors (Lipinski definition) is 1. The number of carbonyl (C=O) groups is 1. The minimum atomic E-state index is -0.251. The summed E-state index contributed by atoms with van der Waals surface area (Å²) in [6.45, 7) is 4.02. The predicted molar refractivity (Wildman–Crippen MR) is 93.0 cm³/mol. The van der Waals surface area contributed by atoms with Crippen molar-refractivity contribution in [3.8, 4) is 0 Å². The van der Waals surface area contributed by atoms with Crippen LogP contribution in [0.1, 0.15) is 40.8 Å². The van der Waals surface area contributed by atoms with Gasteiger partial charge in [-0.3, -0.25) is 15.1 Å². The third-order valence-electron chi connectivity index (χ3n) is 3.61. The predicted octanol–water partition coefficient (Wildman–Crippen LogP) is 3.99. The van der Waals surface area contributed by atoms with Gasteiger partial charge < -0.3 is 0 Å². The van der Waals surface area contributed by atoms with Gasteiger partial charge in [0.1, 0.15) is 10.7 Å². The number of aromatic nitrogens is 3. The highest BCUT2D eigenvalue weighted by molar-refractivity contribution is 7.15. The number of nitrogens with one attached hydrogen (secondary N) is 1. The zero-order valence-electron chi connectivity index (χ0n) is 13.2. The molecule has 6 heteroatoms. The molecule has 0 aliphatic rings. The standard InChI is InChI=1S/C17H18N4OS/c1-3-4-5-12-6-7-13-8-9-18-15(14(13)10-12)16(22)19-17-21-20-11(2)23-17/h6-10H,3-5H2,1-2H3,(H,19,21,22). The molecule has 0 fully saturated rings. The number of rotatable bonds is 5. The van der Waals surface area contributed by atoms with Crippen molar-refractivity contribution >= 4 is 33.1 Å². The zero-order chi connectivity index (χ0) is 16.2. The number of fused-ring (bicyclic) bond motifs is 1. The van der Waals surface area contributed by atoms with Crippen molar-refractivity contribution in [3.05, 3.63) is 46.7 Å². The number of nitrogens with zero attached hydrogens (tertiary/aromatic N) is 3. The minimum Gasteiger partial charge on any atom is -0.295 e. The molecule has 23 heavy (non-hydrogen) atoms. The topological polar surface area (TPSA) is 67.8 Å². The second-order valence-electron chi connectivity index (χ2n) is 5.40. The Morgan fingerprint density at radius 1 is 1.26 bits per heavy atom. The summed E-state index contributed by atoms with van der Waals surface area (Å²) >= 11 is 1.35. The summed E-state index contributed by atoms with van der Waals surface area (Å²) in [5.74, 6) is -0.251. The molecule has 0 spiro atoms. The molecule has 0 saturated heterocycles. The maximum absolute atomic E-state index is 12.5. The minimum absolute atomic E-state index is 0.251. The third-order valence-corrected chi connectivity index (χ3v) is 4.37. The van der Waals surface area contributed by atoms with Crippen molar-refractivity contribution in [2.45, 2.75) is 33.1 Å². The fourth-order valence-corrected chi connectivity index (χ4v) is 3.02. The summed E-state index contributed by atoms with van der Waals surface area (Å²) in [5, 5.41) is 13.8. The smallest absolute Gasteiger partial charge is 0.276 e. The van der Waals surface area contributed by atoms with E-state index in [0.717, 1.165) is 35.0 Å². The number of amides is 1. The van der Waals surface area contributed by atoms with E-state index >= 15 is 0 Å². The van der Waals surface area contributed by atoms with Crippen LogP contribution in [0.2, 0.25) is 0 Å². The van der Waals surface area contributed by atoms with Crippen LogP contribution in [0.3, 0.4) is 0 Å². The molecule has 0 saturated carbocycles. The summed E-state index contributed by atoms with van der Waals surface area (Å²) in [6.07, 6.45) is 4.96. The normalized spacial score (nSPS) is 10.9. The SMILES string of the molecule is CCCCc1ccc2ccnc(C(=O)Nc3nnc(C)s3)c2c1. The molecule has 1 N–H and O–H groups in total. The van der Waals surface area contributed by atoms with Gasteiger partial charge in [0.05, 0.1) is 0 Å². The Morgan fingerprint density at radius 2 is 2.13 bits per heavy atom. The fraction of sp³-hybridized carbons (Fsp3) is 0.294. The Morgan fingerprint density at radius 3 is 2.87 bits per heavy atom. The first kappa shape index (κ1) is 15.6. The quantitative estimate of drug-likeness (QED) is 0.770. The van der Waals surface area contributed by atoms with Gasteiger partial charge in [-0.2, -0.15) is 0 Å². The lowest BCUT2D eigenvalue weighted by Crippen LogP contribution is -2.14. The molecular formula is C17H18N4OS. The van der Waals surface area contributed by atoms with Crippen LogP contribution in [0.25, 0.3) is 10.8 Å². The van der Waals surface area contributed by atoms with Crippen molar-refractivity contribution < 1.29 is 4.79 Å². The molecule has 3 rings (SSSR count). The van der Waals surface area contributed by atoms with E-state index in [1.54, 1.807) is 6.20 Å². The maximum Gasteiger partial charge on any atom is 0.276 e. The highest BCUT2D eigenvalue weighted by Gasteiger charge is 2.14. The van der Waals surface area contributed by atoms with Gasteiger partial charge in [0.25, 0.3) is 5.91 Å². The van der Waals surface area contributed by atoms with Gasteiger partial charge in [-0.05, 0) is 42.8 Å². The Bertz CT molecular complexity index is 843. The molecule has 0 bridgehead atoms. The monoisotopic (exact) mass is 326 g/mol. The van der Waals surface area contributed by atoms with Crippen LogP contribution in [-0.2, 0) is 6.42 Å². The Kier molecular flexibility index (Phi) is 4.62. The molecule has 1 aromatic carbocycles. The molecule has 1 amide bonds. The average Bonchev–Trinajstić information content (AvgIpc) is 2.97. The van der Waals surface area contributed by atoms with Gasteiger partial charge in [-0.1, -0.05) is 36.8 Å². The van der Waals surface area contributed by atoms with Crippen LogP contribution in [0.15, 0.2) is 30.5 Å². The first-order valence-electron chi connectivity index (χ1n) is 7.66. The Labute approximate surface area is 138 Å². The van der Waals surface area contributed by atoms with Crippen LogP contribution in [0.5, 0.6) is 0 Å². The van der Waals surface area contributed by atoms with Crippen molar-refractivity contribution in [3.63, 3.8) is 0 Å². The van der Waals surface area contributed by atoms with E-state index in [4.69, 9.17) is 0 Å². The first-order chi connectivity index (χ1) is 11.2. The molecule has 5 nitrogen and oxygen atoms in total. The van der Waals surface area contributed by atoms with E-state index < -0.39 is 0 Å². The van der Waals surface area contributed by atoms with Crippen LogP contribution < -0.4 is 5.32 Å². The van der Waals surface area contributed by atoms with Gasteiger partial charge >= 0.3 is 0 Å². The number of pyridine rings is 1. The molecule has 0 radical (unpaired) electrons. The van der Waals surface area contributed by atoms with Crippen LogP contribution in [-0.4, -0.2) is 21.1 Å². The Hall–Kier alpha value is -2.34. The molecule has 0 aliphatic carbocycles. The molecule has 118 valence electrons. The molecule has 2 heterocycles. The Balaban J connectivity index is 1.93. The summed E-state index contributed by atoms with van der Waals surface area (Å²) in [6, 6.07) is 8.16. The first-order valence-corrected chi connectivity index (χ1v) is 8.48. The largest absolute Gasteiger partial charge is 0.295 e. The molecule has 2 aromatic heterocycles. The molecule has 0 aliphatic heterocycles. The maximum atomic E-state index is 12.5. The summed E-state index contributed by atoms with van der Waals surface area (Å²) in [5.41, 5.74) is 1.65. The summed E-state index contributed by atoms with van der Waals surface area (Å²) < 4.78 is 0. The van der Waals surface area contributed by atoms with E-state index in [1.807, 2.05) is 19.1 Å². The second-order valence-corrected chi connectivity index (χ2v) is 6.58. The van der Waals surface area contributed by atoms with Gasteiger partial charge in [-0.15, -0.1) is 10.2 Å². The highest BCUT2D eigenvalue weighted by atomic mass is 32.1. The lowest BCUT2D eigenvalue weighted by atomic mass is 10.0. The van der Waals surface area contributed by atoms with E-state index in [0.29, 0.717) is 10.8 Å². The number of benzene rings is 1. The number of hydrogen-bond acceptors (Lipinski definition) is 5. The zero-order valence-corrected chi connectivity index (χ0v) is 14.0. The van der Waals surface area contributed by atoms with E-state index in [1.165, 1.54) is 16.9 Å². The van der Waals surface area contributed by atoms with E-state index in [-0.39, 0.29) is 5.91 Å².